The zero-order valence-corrected chi connectivity index (χ0v) is 20.6. The Balaban J connectivity index is -0.00000121. The van der Waals surface area contributed by atoms with Gasteiger partial charge in [0.05, 0.1) is 0 Å². The van der Waals surface area contributed by atoms with Crippen molar-refractivity contribution in [1.82, 2.24) is 0 Å². The van der Waals surface area contributed by atoms with Crippen molar-refractivity contribution in [3.63, 3.8) is 0 Å². The maximum absolute atomic E-state index is 3.79. The number of allylic oxidation sites excluding steroid dienone is 4. The average molecular weight is 452 g/mol. The van der Waals surface area contributed by atoms with Crippen LogP contribution in [0.1, 0.15) is 65.2 Å². The molecule has 0 radical (unpaired) electrons. The van der Waals surface area contributed by atoms with Gasteiger partial charge in [0, 0.05) is 0 Å². The molecule has 0 nitrogen and oxygen atoms in total. The monoisotopic (exact) mass is 450 g/mol. The standard InChI is InChI=1S/C20H29Si.3ClH.Ti/c1-3-5-8-11-17-15-18(12-6-4-2)20(16-17)21-19-13-9-7-10-14-19;;;;/h7,9-10,13-14H,3-6,8,11-12,16,21H2,1-2H3;3*1H;/q-1;;;;+4/p-3. The van der Waals surface area contributed by atoms with E-state index < -0.39 is 0 Å². The quantitative estimate of drug-likeness (QED) is 0.202. The molecule has 5 heteroatoms. The molecule has 0 unspecified atom stereocenters. The smallest absolute Gasteiger partial charge is 1.00 e. The number of benzene rings is 1. The van der Waals surface area contributed by atoms with Crippen molar-refractivity contribution in [2.45, 2.75) is 65.2 Å². The third-order valence-corrected chi connectivity index (χ3v) is 6.29. The molecule has 0 bridgehead atoms. The zero-order valence-electron chi connectivity index (χ0n) is 15.4. The third-order valence-electron chi connectivity index (χ3n) is 4.30. The Hall–Kier alpha value is 0.501. The van der Waals surface area contributed by atoms with Crippen molar-refractivity contribution in [2.24, 2.45) is 0 Å². The molecule has 1 aromatic rings. The maximum Gasteiger partial charge on any atom is 4.00 e. The summed E-state index contributed by atoms with van der Waals surface area (Å²) in [6.45, 7) is 4.57. The van der Waals surface area contributed by atoms with E-state index in [2.05, 4.69) is 50.3 Å². The largest absolute Gasteiger partial charge is 4.00 e. The van der Waals surface area contributed by atoms with Crippen LogP contribution in [0.2, 0.25) is 0 Å². The SMILES string of the molecule is CCCCCC1=[C-]C(CCCC)=C([SiH2]c2ccccc2)C1.[Cl-].[Cl-].[Cl-].[Ti+4]. The molecule has 0 aliphatic heterocycles. The number of hydrogen-bond donors (Lipinski definition) is 0. The summed E-state index contributed by atoms with van der Waals surface area (Å²) in [7, 11) is -0.274. The van der Waals surface area contributed by atoms with E-state index in [1.54, 1.807) is 21.5 Å². The van der Waals surface area contributed by atoms with Gasteiger partial charge in [-0.15, -0.1) is 0 Å². The number of rotatable bonds is 9. The van der Waals surface area contributed by atoms with Gasteiger partial charge in [0.15, 0.2) is 0 Å². The second-order valence-corrected chi connectivity index (χ2v) is 8.23. The minimum absolute atomic E-state index is 0. The van der Waals surface area contributed by atoms with Gasteiger partial charge in [0.2, 0.25) is 0 Å². The first kappa shape index (κ1) is 30.2. The van der Waals surface area contributed by atoms with Crippen molar-refractivity contribution < 1.29 is 58.9 Å². The van der Waals surface area contributed by atoms with Crippen LogP contribution in [0, 0.1) is 6.08 Å². The molecule has 1 aromatic carbocycles. The topological polar surface area (TPSA) is 0 Å². The van der Waals surface area contributed by atoms with Gasteiger partial charge in [0.1, 0.15) is 0 Å². The Morgan fingerprint density at radius 2 is 1.52 bits per heavy atom. The fraction of sp³-hybridized carbons (Fsp3) is 0.500. The molecular formula is C20H29Cl3SiTi. The minimum Gasteiger partial charge on any atom is -1.00 e. The van der Waals surface area contributed by atoms with Crippen LogP contribution >= 0.6 is 0 Å². The molecular weight excluding hydrogens is 423 g/mol. The summed E-state index contributed by atoms with van der Waals surface area (Å²) in [5.41, 5.74) is 3.17. The fourth-order valence-electron chi connectivity index (χ4n) is 3.05. The normalized spacial score (nSPS) is 12.8. The van der Waals surface area contributed by atoms with Crippen LogP contribution in [-0.4, -0.2) is 9.52 Å². The first-order valence-corrected chi connectivity index (χ1v) is 10.1. The summed E-state index contributed by atoms with van der Waals surface area (Å²) in [5.74, 6) is 0. The molecule has 0 amide bonds. The molecule has 0 heterocycles. The summed E-state index contributed by atoms with van der Waals surface area (Å²) >= 11 is 0. The summed E-state index contributed by atoms with van der Waals surface area (Å²) in [5, 5.41) is 3.35. The van der Waals surface area contributed by atoms with Gasteiger partial charge in [-0.1, -0.05) is 101 Å². The van der Waals surface area contributed by atoms with Crippen molar-refractivity contribution in [3.8, 4) is 0 Å². The maximum atomic E-state index is 3.79. The molecule has 0 atom stereocenters. The molecule has 0 fully saturated rings. The van der Waals surface area contributed by atoms with E-state index in [1.807, 2.05) is 0 Å². The van der Waals surface area contributed by atoms with Gasteiger partial charge < -0.3 is 37.2 Å². The van der Waals surface area contributed by atoms with E-state index in [9.17, 15) is 0 Å². The van der Waals surface area contributed by atoms with Crippen LogP contribution in [0.4, 0.5) is 0 Å². The van der Waals surface area contributed by atoms with Gasteiger partial charge in [0.25, 0.3) is 0 Å². The van der Waals surface area contributed by atoms with Crippen LogP contribution in [-0.2, 0) is 21.7 Å². The molecule has 1 aliphatic carbocycles. The third kappa shape index (κ3) is 11.1. The Morgan fingerprint density at radius 3 is 2.12 bits per heavy atom. The Bertz CT molecular complexity index is 501. The van der Waals surface area contributed by atoms with Gasteiger partial charge >= 0.3 is 21.7 Å². The minimum atomic E-state index is -0.274. The summed E-state index contributed by atoms with van der Waals surface area (Å²) < 4.78 is 0. The predicted octanol–water partition coefficient (Wildman–Crippen LogP) is -4.35. The molecule has 0 N–H and O–H groups in total. The van der Waals surface area contributed by atoms with Crippen molar-refractivity contribution >= 4 is 14.7 Å². The number of hydrogen-bond acceptors (Lipinski definition) is 0. The van der Waals surface area contributed by atoms with Crippen LogP contribution in [0.5, 0.6) is 0 Å². The molecule has 0 saturated carbocycles. The van der Waals surface area contributed by atoms with E-state index >= 15 is 0 Å². The van der Waals surface area contributed by atoms with Crippen molar-refractivity contribution in [1.29, 1.82) is 0 Å². The first-order chi connectivity index (χ1) is 10.3. The van der Waals surface area contributed by atoms with Crippen molar-refractivity contribution in [3.05, 3.63) is 52.8 Å². The van der Waals surface area contributed by atoms with E-state index in [1.165, 1.54) is 51.4 Å². The molecule has 0 spiro atoms. The average Bonchev–Trinajstić information content (AvgIpc) is 2.88. The van der Waals surface area contributed by atoms with E-state index in [0.29, 0.717) is 0 Å². The Morgan fingerprint density at radius 1 is 0.880 bits per heavy atom. The summed E-state index contributed by atoms with van der Waals surface area (Å²) in [6, 6.07) is 11.1. The van der Waals surface area contributed by atoms with Gasteiger partial charge in [-0.3, -0.25) is 0 Å². The Labute approximate surface area is 190 Å². The first-order valence-electron chi connectivity index (χ1n) is 8.70. The fourth-order valence-corrected chi connectivity index (χ4v) is 4.96. The Kier molecular flexibility index (Phi) is 21.6. The van der Waals surface area contributed by atoms with E-state index in [0.717, 1.165) is 0 Å². The van der Waals surface area contributed by atoms with Crippen LogP contribution in [0.15, 0.2) is 46.7 Å². The zero-order chi connectivity index (χ0) is 14.9. The second kappa shape index (κ2) is 17.9. The molecule has 138 valence electrons. The van der Waals surface area contributed by atoms with Gasteiger partial charge in [-0.25, -0.2) is 16.8 Å². The van der Waals surface area contributed by atoms with Crippen LogP contribution in [0.3, 0.4) is 0 Å². The van der Waals surface area contributed by atoms with E-state index in [-0.39, 0.29) is 68.5 Å². The molecule has 25 heavy (non-hydrogen) atoms. The molecule has 0 aromatic heterocycles. The molecule has 0 saturated heterocycles. The van der Waals surface area contributed by atoms with Crippen LogP contribution in [0.25, 0.3) is 0 Å². The number of unbranched alkanes of at least 4 members (excludes halogenated alkanes) is 3. The number of halogens is 3. The second-order valence-electron chi connectivity index (χ2n) is 6.21. The van der Waals surface area contributed by atoms with Crippen molar-refractivity contribution in [2.75, 3.05) is 0 Å². The summed E-state index contributed by atoms with van der Waals surface area (Å²) in [6.07, 6.45) is 14.2. The summed E-state index contributed by atoms with van der Waals surface area (Å²) in [4.78, 5) is 0. The molecule has 2 rings (SSSR count). The van der Waals surface area contributed by atoms with Gasteiger partial charge in [-0.2, -0.15) is 5.57 Å². The van der Waals surface area contributed by atoms with Crippen LogP contribution < -0.4 is 42.4 Å². The predicted molar refractivity (Wildman–Crippen MR) is 96.7 cm³/mol. The molecule has 1 aliphatic rings. The van der Waals surface area contributed by atoms with Gasteiger partial charge in [-0.05, 0) is 9.52 Å². The van der Waals surface area contributed by atoms with E-state index in [4.69, 9.17) is 0 Å².